The molecule has 2 heteroatoms. The quantitative estimate of drug-likeness (QED) is 0.470. The summed E-state index contributed by atoms with van der Waals surface area (Å²) in [6.45, 7) is 9.29. The number of carbonyl (C=O) groups is 1. The molecule has 70 valence electrons. The zero-order valence-electron chi connectivity index (χ0n) is 8.55. The van der Waals surface area contributed by atoms with E-state index in [9.17, 15) is 4.79 Å². The maximum Gasteiger partial charge on any atom is 0.311 e. The molecule has 12 heavy (non-hydrogen) atoms. The van der Waals surface area contributed by atoms with Gasteiger partial charge >= 0.3 is 5.97 Å². The molecule has 0 aromatic rings. The van der Waals surface area contributed by atoms with E-state index in [1.54, 1.807) is 0 Å². The van der Waals surface area contributed by atoms with Crippen LogP contribution in [0.2, 0.25) is 0 Å². The lowest BCUT2D eigenvalue weighted by Crippen LogP contribution is -2.26. The minimum Gasteiger partial charge on any atom is -0.458 e. The van der Waals surface area contributed by atoms with Crippen LogP contribution in [0.5, 0.6) is 0 Å². The van der Waals surface area contributed by atoms with Gasteiger partial charge in [-0.25, -0.2) is 0 Å². The summed E-state index contributed by atoms with van der Waals surface area (Å²) in [5.41, 5.74) is -0.407. The maximum atomic E-state index is 11.3. The Hall–Kier alpha value is -0.790. The molecular weight excluding hydrogens is 152 g/mol. The van der Waals surface area contributed by atoms with Crippen LogP contribution in [0.4, 0.5) is 0 Å². The summed E-state index contributed by atoms with van der Waals surface area (Å²) in [4.78, 5) is 11.3. The highest BCUT2D eigenvalue weighted by Gasteiger charge is 2.23. The summed E-state index contributed by atoms with van der Waals surface area (Å²) in [5, 5.41) is 0. The molecule has 0 fully saturated rings. The minimum atomic E-state index is -0.407. The summed E-state index contributed by atoms with van der Waals surface area (Å²) in [5.74, 6) is -0.159. The third-order valence-electron chi connectivity index (χ3n) is 1.37. The second-order valence-corrected chi connectivity index (χ2v) is 3.89. The van der Waals surface area contributed by atoms with Crippen molar-refractivity contribution >= 4 is 5.97 Å². The van der Waals surface area contributed by atoms with Gasteiger partial charge < -0.3 is 4.74 Å². The second kappa shape index (κ2) is 4.29. The van der Waals surface area contributed by atoms with Gasteiger partial charge in [0.25, 0.3) is 0 Å². The molecule has 0 bridgehead atoms. The van der Waals surface area contributed by atoms with Gasteiger partial charge in [0.1, 0.15) is 6.10 Å². The van der Waals surface area contributed by atoms with Crippen molar-refractivity contribution in [3.05, 3.63) is 12.2 Å². The Morgan fingerprint density at radius 3 is 2.25 bits per heavy atom. The maximum absolute atomic E-state index is 11.3. The first-order valence-electron chi connectivity index (χ1n) is 4.22. The minimum absolute atomic E-state index is 0.123. The molecule has 0 heterocycles. The van der Waals surface area contributed by atoms with E-state index in [0.717, 1.165) is 0 Å². The average molecular weight is 170 g/mol. The van der Waals surface area contributed by atoms with Crippen LogP contribution < -0.4 is 0 Å². The zero-order chi connectivity index (χ0) is 9.78. The standard InChI is InChI=1S/C10H18O2/c1-6-7-8(2)12-9(11)10(3,4)5/h6-8H,1-5H3. The molecule has 0 aromatic heterocycles. The van der Waals surface area contributed by atoms with E-state index in [0.29, 0.717) is 0 Å². The highest BCUT2D eigenvalue weighted by Crippen LogP contribution is 2.16. The van der Waals surface area contributed by atoms with Crippen LogP contribution in [0.1, 0.15) is 34.6 Å². The van der Waals surface area contributed by atoms with E-state index in [4.69, 9.17) is 4.74 Å². The van der Waals surface area contributed by atoms with Gasteiger partial charge in [0.2, 0.25) is 0 Å². The summed E-state index contributed by atoms with van der Waals surface area (Å²) in [7, 11) is 0. The second-order valence-electron chi connectivity index (χ2n) is 3.89. The SMILES string of the molecule is CC=CC(C)OC(=O)C(C)(C)C. The lowest BCUT2D eigenvalue weighted by Gasteiger charge is -2.18. The molecule has 2 nitrogen and oxygen atoms in total. The Kier molecular flexibility index (Phi) is 4.01. The average Bonchev–Trinajstić information content (AvgIpc) is 1.85. The first kappa shape index (κ1) is 11.2. The van der Waals surface area contributed by atoms with Crippen LogP contribution in [0.25, 0.3) is 0 Å². The summed E-state index contributed by atoms with van der Waals surface area (Å²) in [6, 6.07) is 0. The number of carbonyl (C=O) groups excluding carboxylic acids is 1. The Morgan fingerprint density at radius 2 is 1.92 bits per heavy atom. The van der Waals surface area contributed by atoms with Gasteiger partial charge in [0, 0.05) is 0 Å². The molecule has 1 atom stereocenters. The molecule has 1 unspecified atom stereocenters. The summed E-state index contributed by atoms with van der Waals surface area (Å²) in [6.07, 6.45) is 3.60. The van der Waals surface area contributed by atoms with Crippen LogP contribution >= 0.6 is 0 Å². The van der Waals surface area contributed by atoms with Gasteiger partial charge in [0.05, 0.1) is 5.41 Å². The van der Waals surface area contributed by atoms with E-state index in [2.05, 4.69) is 0 Å². The molecule has 0 radical (unpaired) electrons. The fraction of sp³-hybridized carbons (Fsp3) is 0.700. The largest absolute Gasteiger partial charge is 0.458 e. The fourth-order valence-corrected chi connectivity index (χ4v) is 0.656. The Bertz CT molecular complexity index is 175. The molecule has 0 aromatic carbocycles. The number of hydrogen-bond acceptors (Lipinski definition) is 2. The molecule has 0 aliphatic carbocycles. The van der Waals surface area contributed by atoms with Gasteiger partial charge in [0.15, 0.2) is 0 Å². The molecule has 0 aliphatic heterocycles. The van der Waals surface area contributed by atoms with Crippen LogP contribution in [-0.4, -0.2) is 12.1 Å². The number of hydrogen-bond donors (Lipinski definition) is 0. The molecule has 0 aliphatic rings. The molecule has 0 amide bonds. The normalized spacial score (nSPS) is 14.8. The lowest BCUT2D eigenvalue weighted by molar-refractivity contribution is -0.155. The van der Waals surface area contributed by atoms with Gasteiger partial charge in [-0.15, -0.1) is 0 Å². The summed E-state index contributed by atoms with van der Waals surface area (Å²) < 4.78 is 5.13. The molecule has 0 spiro atoms. The zero-order valence-corrected chi connectivity index (χ0v) is 8.55. The fourth-order valence-electron chi connectivity index (χ4n) is 0.656. The van der Waals surface area contributed by atoms with Crippen molar-refractivity contribution in [1.82, 2.24) is 0 Å². The third-order valence-corrected chi connectivity index (χ3v) is 1.37. The number of rotatable bonds is 2. The van der Waals surface area contributed by atoms with Crippen molar-refractivity contribution in [2.75, 3.05) is 0 Å². The van der Waals surface area contributed by atoms with Crippen molar-refractivity contribution < 1.29 is 9.53 Å². The van der Waals surface area contributed by atoms with Crippen LogP contribution in [0, 0.1) is 5.41 Å². The molecule has 0 N–H and O–H groups in total. The molecule has 0 saturated carbocycles. The first-order valence-corrected chi connectivity index (χ1v) is 4.22. The molecule has 0 saturated heterocycles. The highest BCUT2D eigenvalue weighted by atomic mass is 16.5. The van der Waals surface area contributed by atoms with E-state index >= 15 is 0 Å². The first-order chi connectivity index (χ1) is 5.38. The molecular formula is C10H18O2. The van der Waals surface area contributed by atoms with Crippen LogP contribution in [0.15, 0.2) is 12.2 Å². The summed E-state index contributed by atoms with van der Waals surface area (Å²) >= 11 is 0. The van der Waals surface area contributed by atoms with Crippen molar-refractivity contribution in [2.45, 2.75) is 40.7 Å². The highest BCUT2D eigenvalue weighted by molar-refractivity contribution is 5.75. The van der Waals surface area contributed by atoms with E-state index < -0.39 is 5.41 Å². The Labute approximate surface area is 74.6 Å². The number of ether oxygens (including phenoxy) is 1. The van der Waals surface area contributed by atoms with E-state index in [1.807, 2.05) is 46.8 Å². The Morgan fingerprint density at radius 1 is 1.42 bits per heavy atom. The van der Waals surface area contributed by atoms with Gasteiger partial charge in [-0.3, -0.25) is 4.79 Å². The van der Waals surface area contributed by atoms with Crippen molar-refractivity contribution in [2.24, 2.45) is 5.41 Å². The van der Waals surface area contributed by atoms with E-state index in [-0.39, 0.29) is 12.1 Å². The predicted molar refractivity (Wildman–Crippen MR) is 49.8 cm³/mol. The van der Waals surface area contributed by atoms with Gasteiger partial charge in [-0.05, 0) is 40.7 Å². The van der Waals surface area contributed by atoms with Crippen LogP contribution in [0.3, 0.4) is 0 Å². The van der Waals surface area contributed by atoms with Crippen molar-refractivity contribution in [3.63, 3.8) is 0 Å². The monoisotopic (exact) mass is 170 g/mol. The van der Waals surface area contributed by atoms with Gasteiger partial charge in [-0.1, -0.05) is 6.08 Å². The van der Waals surface area contributed by atoms with Crippen molar-refractivity contribution in [3.8, 4) is 0 Å². The third kappa shape index (κ3) is 4.16. The predicted octanol–water partition coefficient (Wildman–Crippen LogP) is 2.54. The number of esters is 1. The smallest absolute Gasteiger partial charge is 0.311 e. The van der Waals surface area contributed by atoms with Crippen molar-refractivity contribution in [1.29, 1.82) is 0 Å². The Balaban J connectivity index is 4.02. The van der Waals surface area contributed by atoms with E-state index in [1.165, 1.54) is 0 Å². The molecule has 0 rings (SSSR count). The number of allylic oxidation sites excluding steroid dienone is 1. The lowest BCUT2D eigenvalue weighted by atomic mass is 9.97. The topological polar surface area (TPSA) is 26.3 Å². The van der Waals surface area contributed by atoms with Gasteiger partial charge in [-0.2, -0.15) is 0 Å². The van der Waals surface area contributed by atoms with Crippen LogP contribution in [-0.2, 0) is 9.53 Å².